The highest BCUT2D eigenvalue weighted by Gasteiger charge is 2.37. The van der Waals surface area contributed by atoms with Crippen molar-refractivity contribution in [2.24, 2.45) is 0 Å². The van der Waals surface area contributed by atoms with Gasteiger partial charge in [-0.1, -0.05) is 85.7 Å². The van der Waals surface area contributed by atoms with Gasteiger partial charge in [-0.2, -0.15) is 0 Å². The third-order valence-corrected chi connectivity index (χ3v) is 6.52. The summed E-state index contributed by atoms with van der Waals surface area (Å²) in [5.74, 6) is 0.877. The number of carbonyl (C=O) groups is 1. The van der Waals surface area contributed by atoms with Gasteiger partial charge in [0.2, 0.25) is 0 Å². The highest BCUT2D eigenvalue weighted by atomic mass is 32.2. The van der Waals surface area contributed by atoms with Crippen molar-refractivity contribution in [1.82, 2.24) is 4.90 Å². The third-order valence-electron chi connectivity index (χ3n) is 5.19. The van der Waals surface area contributed by atoms with E-state index in [0.717, 1.165) is 29.7 Å². The van der Waals surface area contributed by atoms with Crippen LogP contribution in [0, 0.1) is 0 Å². The predicted molar refractivity (Wildman–Crippen MR) is 119 cm³/mol. The average molecular weight is 410 g/mol. The number of thiocarbonyl (C=S) groups is 1. The molecule has 5 heteroatoms. The molecule has 1 aliphatic heterocycles. The first-order valence-corrected chi connectivity index (χ1v) is 11.0. The Kier molecular flexibility index (Phi) is 6.13. The van der Waals surface area contributed by atoms with Crippen molar-refractivity contribution in [3.05, 3.63) is 70.6 Å². The van der Waals surface area contributed by atoms with E-state index in [1.54, 1.807) is 0 Å². The number of hydrogen-bond donors (Lipinski definition) is 0. The monoisotopic (exact) mass is 409 g/mol. The molecule has 0 radical (unpaired) electrons. The molecule has 28 heavy (non-hydrogen) atoms. The second-order valence-electron chi connectivity index (χ2n) is 7.19. The lowest BCUT2D eigenvalue weighted by atomic mass is 9.94. The van der Waals surface area contributed by atoms with E-state index in [1.807, 2.05) is 65.6 Å². The molecule has 3 nitrogen and oxygen atoms in total. The van der Waals surface area contributed by atoms with Crippen LogP contribution in [0.15, 0.2) is 59.5 Å². The Balaban J connectivity index is 1.41. The zero-order chi connectivity index (χ0) is 19.3. The quantitative estimate of drug-likeness (QED) is 0.461. The van der Waals surface area contributed by atoms with E-state index in [1.165, 1.54) is 31.0 Å². The summed E-state index contributed by atoms with van der Waals surface area (Å²) in [4.78, 5) is 15.4. The molecule has 2 fully saturated rings. The van der Waals surface area contributed by atoms with E-state index in [0.29, 0.717) is 15.8 Å². The first-order valence-electron chi connectivity index (χ1n) is 9.74. The summed E-state index contributed by atoms with van der Waals surface area (Å²) in [6.07, 6.45) is 7.69. The molecule has 4 rings (SSSR count). The van der Waals surface area contributed by atoms with Crippen LogP contribution in [-0.4, -0.2) is 21.2 Å². The van der Waals surface area contributed by atoms with Crippen LogP contribution in [0.2, 0.25) is 0 Å². The van der Waals surface area contributed by atoms with Gasteiger partial charge < -0.3 is 4.74 Å². The zero-order valence-electron chi connectivity index (χ0n) is 15.7. The molecule has 1 amide bonds. The minimum Gasteiger partial charge on any atom is -0.489 e. The Bertz CT molecular complexity index is 871. The van der Waals surface area contributed by atoms with E-state index in [9.17, 15) is 4.79 Å². The SMILES string of the molecule is O=C1/C(=C\c2ccc(OCc3ccccc3)cc2)SC(=S)N1C1CCCCC1. The first-order chi connectivity index (χ1) is 13.7. The van der Waals surface area contributed by atoms with Crippen molar-refractivity contribution in [2.75, 3.05) is 0 Å². The van der Waals surface area contributed by atoms with Crippen molar-refractivity contribution >= 4 is 40.3 Å². The number of thioether (sulfide) groups is 1. The van der Waals surface area contributed by atoms with Gasteiger partial charge in [0.15, 0.2) is 0 Å². The summed E-state index contributed by atoms with van der Waals surface area (Å²) in [5.41, 5.74) is 2.12. The number of ether oxygens (including phenoxy) is 1. The Morgan fingerprint density at radius 3 is 2.46 bits per heavy atom. The van der Waals surface area contributed by atoms with E-state index in [2.05, 4.69) is 0 Å². The van der Waals surface area contributed by atoms with Gasteiger partial charge in [0.25, 0.3) is 5.91 Å². The molecule has 0 spiro atoms. The molecule has 1 saturated carbocycles. The lowest BCUT2D eigenvalue weighted by molar-refractivity contribution is -0.124. The molecule has 0 atom stereocenters. The van der Waals surface area contributed by atoms with Gasteiger partial charge in [-0.05, 0) is 42.2 Å². The number of carbonyl (C=O) groups excluding carboxylic acids is 1. The average Bonchev–Trinajstić information content (AvgIpc) is 3.02. The molecular weight excluding hydrogens is 386 g/mol. The van der Waals surface area contributed by atoms with Crippen molar-refractivity contribution in [3.63, 3.8) is 0 Å². The van der Waals surface area contributed by atoms with Crippen LogP contribution in [0.1, 0.15) is 43.2 Å². The standard InChI is InChI=1S/C23H23NO2S2/c25-22-21(28-23(27)24(22)19-9-5-2-6-10-19)15-17-11-13-20(14-12-17)26-16-18-7-3-1-4-8-18/h1,3-4,7-8,11-15,19H,2,5-6,9-10,16H2/b21-15+. The fraction of sp³-hybridized carbons (Fsp3) is 0.304. The Morgan fingerprint density at radius 2 is 1.75 bits per heavy atom. The molecule has 144 valence electrons. The van der Waals surface area contributed by atoms with Gasteiger partial charge >= 0.3 is 0 Å². The fourth-order valence-electron chi connectivity index (χ4n) is 3.69. The van der Waals surface area contributed by atoms with Crippen LogP contribution < -0.4 is 4.74 Å². The minimum absolute atomic E-state index is 0.0614. The Labute approximate surface area is 175 Å². The Hall–Kier alpha value is -2.11. The van der Waals surface area contributed by atoms with E-state index in [-0.39, 0.29) is 11.9 Å². The van der Waals surface area contributed by atoms with Gasteiger partial charge in [0.1, 0.15) is 16.7 Å². The fourth-order valence-corrected chi connectivity index (χ4v) is 5.09. The lowest BCUT2D eigenvalue weighted by Crippen LogP contribution is -2.39. The molecule has 0 unspecified atom stereocenters. The highest BCUT2D eigenvalue weighted by molar-refractivity contribution is 8.26. The van der Waals surface area contributed by atoms with Crippen LogP contribution in [0.4, 0.5) is 0 Å². The predicted octanol–water partition coefficient (Wildman–Crippen LogP) is 5.80. The number of rotatable bonds is 5. The van der Waals surface area contributed by atoms with Gasteiger partial charge in [0.05, 0.1) is 4.91 Å². The van der Waals surface area contributed by atoms with Crippen molar-refractivity contribution in [3.8, 4) is 5.75 Å². The number of hydrogen-bond acceptors (Lipinski definition) is 4. The number of amides is 1. The van der Waals surface area contributed by atoms with Gasteiger partial charge in [-0.25, -0.2) is 0 Å². The van der Waals surface area contributed by atoms with Crippen LogP contribution in [0.25, 0.3) is 6.08 Å². The molecule has 1 aliphatic carbocycles. The summed E-state index contributed by atoms with van der Waals surface area (Å²) >= 11 is 6.92. The van der Waals surface area contributed by atoms with Gasteiger partial charge in [-0.15, -0.1) is 0 Å². The third kappa shape index (κ3) is 4.47. The molecule has 0 aromatic heterocycles. The van der Waals surface area contributed by atoms with Gasteiger partial charge in [-0.3, -0.25) is 9.69 Å². The van der Waals surface area contributed by atoms with Crippen molar-refractivity contribution in [2.45, 2.75) is 44.8 Å². The Morgan fingerprint density at radius 1 is 1.04 bits per heavy atom. The molecule has 0 bridgehead atoms. The van der Waals surface area contributed by atoms with Crippen LogP contribution in [-0.2, 0) is 11.4 Å². The van der Waals surface area contributed by atoms with Crippen molar-refractivity contribution < 1.29 is 9.53 Å². The highest BCUT2D eigenvalue weighted by Crippen LogP contribution is 2.37. The number of nitrogens with zero attached hydrogens (tertiary/aromatic N) is 1. The zero-order valence-corrected chi connectivity index (χ0v) is 17.3. The lowest BCUT2D eigenvalue weighted by Gasteiger charge is -2.29. The van der Waals surface area contributed by atoms with Crippen LogP contribution in [0.5, 0.6) is 5.75 Å². The molecule has 2 aromatic carbocycles. The summed E-state index contributed by atoms with van der Waals surface area (Å²) in [6.45, 7) is 0.542. The van der Waals surface area contributed by atoms with Crippen molar-refractivity contribution in [1.29, 1.82) is 0 Å². The topological polar surface area (TPSA) is 29.5 Å². The molecule has 2 aromatic rings. The largest absolute Gasteiger partial charge is 0.489 e. The molecular formula is C23H23NO2S2. The van der Waals surface area contributed by atoms with E-state index < -0.39 is 0 Å². The van der Waals surface area contributed by atoms with Gasteiger partial charge in [0, 0.05) is 6.04 Å². The smallest absolute Gasteiger partial charge is 0.266 e. The first kappa shape index (κ1) is 19.2. The maximum Gasteiger partial charge on any atom is 0.266 e. The maximum atomic E-state index is 12.9. The molecule has 2 aliphatic rings. The second-order valence-corrected chi connectivity index (χ2v) is 8.86. The molecule has 1 saturated heterocycles. The second kappa shape index (κ2) is 8.93. The maximum absolute atomic E-state index is 12.9. The van der Waals surface area contributed by atoms with E-state index >= 15 is 0 Å². The summed E-state index contributed by atoms with van der Waals surface area (Å²) in [7, 11) is 0. The summed E-state index contributed by atoms with van der Waals surface area (Å²) < 4.78 is 6.53. The van der Waals surface area contributed by atoms with E-state index in [4.69, 9.17) is 17.0 Å². The summed E-state index contributed by atoms with van der Waals surface area (Å²) in [5, 5.41) is 0. The van der Waals surface area contributed by atoms with Crippen LogP contribution in [0.3, 0.4) is 0 Å². The molecule has 1 heterocycles. The minimum atomic E-state index is 0.0614. The number of benzene rings is 2. The summed E-state index contributed by atoms with van der Waals surface area (Å²) in [6, 6.07) is 18.2. The van der Waals surface area contributed by atoms with Crippen LogP contribution >= 0.6 is 24.0 Å². The molecule has 0 N–H and O–H groups in total. The normalized spacial score (nSPS) is 19.4.